The summed E-state index contributed by atoms with van der Waals surface area (Å²) in [6, 6.07) is 0. The smallest absolute Gasteiger partial charge is 0.388 e. The van der Waals surface area contributed by atoms with Gasteiger partial charge in [-0.25, -0.2) is 0 Å². The van der Waals surface area contributed by atoms with Gasteiger partial charge < -0.3 is 10.3 Å². The summed E-state index contributed by atoms with van der Waals surface area (Å²) in [5.74, 6) is 0.185. The Balaban J connectivity index is 0. The predicted octanol–water partition coefficient (Wildman–Crippen LogP) is 3.14. The van der Waals surface area contributed by atoms with Crippen molar-refractivity contribution in [2.75, 3.05) is 6.54 Å². The average Bonchev–Trinajstić information content (AvgIpc) is 1.78. The predicted molar refractivity (Wildman–Crippen MR) is 47.1 cm³/mol. The van der Waals surface area contributed by atoms with E-state index in [2.05, 4.69) is 10.3 Å². The van der Waals surface area contributed by atoms with E-state index in [0.29, 0.717) is 0 Å². The van der Waals surface area contributed by atoms with Crippen LogP contribution in [-0.2, 0) is 16.8 Å². The van der Waals surface area contributed by atoms with E-state index >= 15 is 0 Å². The number of hydrogen-bond acceptors (Lipinski definition) is 1. The van der Waals surface area contributed by atoms with Gasteiger partial charge in [0.05, 0.1) is 0 Å². The van der Waals surface area contributed by atoms with Crippen LogP contribution in [0, 0.1) is 0 Å². The van der Waals surface area contributed by atoms with Crippen LogP contribution in [-0.4, -0.2) is 24.1 Å². The number of hydrogen-bond donors (Lipinski definition) is 0. The summed E-state index contributed by atoms with van der Waals surface area (Å²) >= 11 is 0. The molecule has 0 aliphatic heterocycles. The van der Waals surface area contributed by atoms with E-state index in [9.17, 15) is 13.2 Å². The Labute approximate surface area is 92.6 Å². The largest absolute Gasteiger partial charge is 0.464 e. The van der Waals surface area contributed by atoms with Crippen molar-refractivity contribution in [3.63, 3.8) is 0 Å². The summed E-state index contributed by atoms with van der Waals surface area (Å²) in [5, 5.41) is 3.31. The van der Waals surface area contributed by atoms with Crippen LogP contribution in [0.1, 0.15) is 27.7 Å². The van der Waals surface area contributed by atoms with Crippen molar-refractivity contribution in [2.45, 2.75) is 39.4 Å². The molecular formula is C8H14CoF3N2-. The third-order valence-electron chi connectivity index (χ3n) is 0.984. The van der Waals surface area contributed by atoms with Crippen LogP contribution in [0.15, 0.2) is 4.99 Å². The van der Waals surface area contributed by atoms with E-state index < -0.39 is 12.7 Å². The molecule has 0 saturated carbocycles. The Bertz CT molecular complexity index is 194. The fourth-order valence-electron chi connectivity index (χ4n) is 0.725. The van der Waals surface area contributed by atoms with Crippen molar-refractivity contribution in [2.24, 2.45) is 4.99 Å². The molecule has 0 N–H and O–H groups in total. The topological polar surface area (TPSA) is 26.5 Å². The molecule has 0 aliphatic carbocycles. The van der Waals surface area contributed by atoms with Crippen LogP contribution >= 0.6 is 0 Å². The first-order valence-corrected chi connectivity index (χ1v) is 3.91. The SMILES string of the molecule is CC(=NC(C)(C)C)[N-]CC(F)(F)F.[Co]. The molecule has 0 atom stereocenters. The molecule has 6 heteroatoms. The van der Waals surface area contributed by atoms with Gasteiger partial charge in [-0.05, 0) is 12.5 Å². The molecular weight excluding hydrogens is 240 g/mol. The molecule has 0 aliphatic rings. The molecule has 0 bridgehead atoms. The van der Waals surface area contributed by atoms with Crippen LogP contribution in [0.3, 0.4) is 0 Å². The van der Waals surface area contributed by atoms with Crippen LogP contribution in [0.25, 0.3) is 5.32 Å². The molecule has 2 nitrogen and oxygen atoms in total. The maximum absolute atomic E-state index is 11.7. The Kier molecular flexibility index (Phi) is 6.48. The molecule has 87 valence electrons. The van der Waals surface area contributed by atoms with Gasteiger partial charge in [-0.3, -0.25) is 0 Å². The molecule has 0 saturated heterocycles. The van der Waals surface area contributed by atoms with Crippen LogP contribution in [0.4, 0.5) is 13.2 Å². The zero-order valence-corrected chi connectivity index (χ0v) is 9.61. The van der Waals surface area contributed by atoms with Crippen LogP contribution < -0.4 is 0 Å². The second-order valence-corrected chi connectivity index (χ2v) is 3.76. The zero-order valence-electron chi connectivity index (χ0n) is 8.57. The molecule has 0 heterocycles. The summed E-state index contributed by atoms with van der Waals surface area (Å²) in [5.41, 5.74) is -0.376. The van der Waals surface area contributed by atoms with Crippen molar-refractivity contribution in [1.82, 2.24) is 0 Å². The summed E-state index contributed by atoms with van der Waals surface area (Å²) in [6.07, 6.45) is -4.24. The first kappa shape index (κ1) is 16.2. The van der Waals surface area contributed by atoms with E-state index in [0.717, 1.165) is 0 Å². The zero-order chi connectivity index (χ0) is 10.7. The summed E-state index contributed by atoms with van der Waals surface area (Å²) in [7, 11) is 0. The minimum atomic E-state index is -4.24. The van der Waals surface area contributed by atoms with Gasteiger partial charge in [0.1, 0.15) is 0 Å². The summed E-state index contributed by atoms with van der Waals surface area (Å²) in [6.45, 7) is 5.73. The minimum Gasteiger partial charge on any atom is -0.464 e. The molecule has 0 fully saturated rings. The van der Waals surface area contributed by atoms with E-state index in [1.54, 1.807) is 20.8 Å². The number of amidine groups is 1. The van der Waals surface area contributed by atoms with E-state index in [-0.39, 0.29) is 28.2 Å². The molecule has 0 unspecified atom stereocenters. The van der Waals surface area contributed by atoms with Crippen molar-refractivity contribution in [3.05, 3.63) is 5.32 Å². The first-order chi connectivity index (χ1) is 5.60. The molecule has 0 spiro atoms. The van der Waals surface area contributed by atoms with Crippen LogP contribution in [0.2, 0.25) is 0 Å². The molecule has 0 aromatic heterocycles. The minimum absolute atomic E-state index is 0. The summed E-state index contributed by atoms with van der Waals surface area (Å²) in [4.78, 5) is 3.96. The average molecular weight is 254 g/mol. The fourth-order valence-corrected chi connectivity index (χ4v) is 0.725. The standard InChI is InChI=1S/C8H14F3N2.Co/c1-6(13-7(2,3)4)12-5-8(9,10)11;/h5H2,1-4H3;/q-1;. The Morgan fingerprint density at radius 2 is 1.64 bits per heavy atom. The number of nitrogens with zero attached hydrogens (tertiary/aromatic N) is 2. The van der Waals surface area contributed by atoms with Gasteiger partial charge >= 0.3 is 6.18 Å². The molecule has 0 aromatic carbocycles. The van der Waals surface area contributed by atoms with Gasteiger partial charge in [0.15, 0.2) is 0 Å². The maximum atomic E-state index is 11.7. The maximum Gasteiger partial charge on any atom is 0.388 e. The fraction of sp³-hybridized carbons (Fsp3) is 0.875. The van der Waals surface area contributed by atoms with Gasteiger partial charge in [-0.2, -0.15) is 13.2 Å². The van der Waals surface area contributed by atoms with Gasteiger partial charge in [-0.1, -0.05) is 26.6 Å². The molecule has 14 heavy (non-hydrogen) atoms. The number of aliphatic imine (C=N–C) groups is 1. The van der Waals surface area contributed by atoms with Crippen molar-refractivity contribution < 1.29 is 30.0 Å². The van der Waals surface area contributed by atoms with Gasteiger partial charge in [0.2, 0.25) is 0 Å². The van der Waals surface area contributed by atoms with Crippen molar-refractivity contribution in [3.8, 4) is 0 Å². The van der Waals surface area contributed by atoms with Gasteiger partial charge in [0, 0.05) is 23.3 Å². The van der Waals surface area contributed by atoms with Crippen molar-refractivity contribution in [1.29, 1.82) is 0 Å². The Morgan fingerprint density at radius 1 is 1.21 bits per heavy atom. The second kappa shape index (κ2) is 5.60. The molecule has 1 radical (unpaired) electrons. The van der Waals surface area contributed by atoms with Gasteiger partial charge in [0.25, 0.3) is 0 Å². The number of alkyl halides is 3. The van der Waals surface area contributed by atoms with Crippen molar-refractivity contribution >= 4 is 5.84 Å². The number of halogens is 3. The first-order valence-electron chi connectivity index (χ1n) is 3.91. The molecule has 0 amide bonds. The van der Waals surface area contributed by atoms with E-state index in [4.69, 9.17) is 0 Å². The Hall–Kier alpha value is -0.234. The molecule has 0 rings (SSSR count). The third-order valence-corrected chi connectivity index (χ3v) is 0.984. The Morgan fingerprint density at radius 3 is 1.93 bits per heavy atom. The number of rotatable bonds is 1. The third kappa shape index (κ3) is 11.8. The van der Waals surface area contributed by atoms with E-state index in [1.807, 2.05) is 0 Å². The summed E-state index contributed by atoms with van der Waals surface area (Å²) < 4.78 is 35.1. The van der Waals surface area contributed by atoms with Gasteiger partial charge in [-0.15, -0.1) is 0 Å². The van der Waals surface area contributed by atoms with E-state index in [1.165, 1.54) is 6.92 Å². The van der Waals surface area contributed by atoms with Crippen LogP contribution in [0.5, 0.6) is 0 Å². The normalized spacial score (nSPS) is 13.5. The second-order valence-electron chi connectivity index (χ2n) is 3.76. The quantitative estimate of drug-likeness (QED) is 0.507. The molecule has 0 aromatic rings. The monoisotopic (exact) mass is 254 g/mol.